The van der Waals surface area contributed by atoms with Gasteiger partial charge in [0.1, 0.15) is 0 Å². The number of hydrogen-bond donors (Lipinski definition) is 0. The van der Waals surface area contributed by atoms with Gasteiger partial charge in [-0.15, -0.1) is 22.9 Å². The smallest absolute Gasteiger partial charge is 0.0757 e. The topological polar surface area (TPSA) is 9.23 Å². The van der Waals surface area contributed by atoms with Gasteiger partial charge >= 0.3 is 0 Å². The largest absolute Gasteiger partial charge is 0.378 e. The first-order valence-corrected chi connectivity index (χ1v) is 8.64. The van der Waals surface area contributed by atoms with Gasteiger partial charge in [-0.05, 0) is 75.6 Å². The van der Waals surface area contributed by atoms with E-state index < -0.39 is 0 Å². The molecule has 2 rings (SSSR count). The highest BCUT2D eigenvalue weighted by Gasteiger charge is 2.31. The maximum Gasteiger partial charge on any atom is 0.0757 e. The van der Waals surface area contributed by atoms with Gasteiger partial charge in [-0.1, -0.05) is 0 Å². The van der Waals surface area contributed by atoms with E-state index in [1.54, 1.807) is 11.3 Å². The molecule has 1 heterocycles. The van der Waals surface area contributed by atoms with Crippen molar-refractivity contribution < 1.29 is 4.74 Å². The van der Waals surface area contributed by atoms with Crippen molar-refractivity contribution in [3.05, 3.63) is 19.2 Å². The SMILES string of the molecule is CCOC1CC(CC(Cl)c2cc(Br)sc2Br)C1. The van der Waals surface area contributed by atoms with E-state index in [1.807, 2.05) is 0 Å². The first-order valence-electron chi connectivity index (χ1n) is 5.80. The highest BCUT2D eigenvalue weighted by molar-refractivity contribution is 9.12. The third-order valence-corrected chi connectivity index (χ3v) is 5.95. The Labute approximate surface area is 128 Å². The number of alkyl halides is 1. The molecule has 1 aliphatic carbocycles. The van der Waals surface area contributed by atoms with Crippen LogP contribution in [0.1, 0.15) is 37.1 Å². The fourth-order valence-corrected chi connectivity index (χ4v) is 5.82. The van der Waals surface area contributed by atoms with Crippen LogP contribution >= 0.6 is 54.8 Å². The van der Waals surface area contributed by atoms with E-state index in [1.165, 1.54) is 18.4 Å². The molecule has 1 nitrogen and oxygen atoms in total. The molecule has 0 bridgehead atoms. The monoisotopic (exact) mass is 400 g/mol. The molecule has 1 aromatic heterocycles. The normalized spacial score (nSPS) is 25.6. The Morgan fingerprint density at radius 1 is 1.53 bits per heavy atom. The molecule has 1 atom stereocenters. The molecule has 0 spiro atoms. The lowest BCUT2D eigenvalue weighted by atomic mass is 9.78. The summed E-state index contributed by atoms with van der Waals surface area (Å²) in [5, 5.41) is 0.111. The maximum absolute atomic E-state index is 6.47. The summed E-state index contributed by atoms with van der Waals surface area (Å²) in [5.74, 6) is 0.722. The fourth-order valence-electron chi connectivity index (χ4n) is 2.22. The second kappa shape index (κ2) is 6.38. The molecular formula is C12H15Br2ClOS. The molecule has 5 heteroatoms. The Kier molecular flexibility index (Phi) is 5.37. The second-order valence-electron chi connectivity index (χ2n) is 4.40. The number of ether oxygens (including phenoxy) is 1. The van der Waals surface area contributed by atoms with Crippen LogP contribution in [0.3, 0.4) is 0 Å². The summed E-state index contributed by atoms with van der Waals surface area (Å²) in [6.45, 7) is 2.88. The third-order valence-electron chi connectivity index (χ3n) is 3.16. The fraction of sp³-hybridized carbons (Fsp3) is 0.667. The number of thiophene rings is 1. The number of halogens is 3. The molecule has 0 saturated heterocycles. The summed E-state index contributed by atoms with van der Waals surface area (Å²) < 4.78 is 7.84. The maximum atomic E-state index is 6.47. The van der Waals surface area contributed by atoms with Crippen LogP contribution in [0.15, 0.2) is 13.6 Å². The molecule has 1 saturated carbocycles. The van der Waals surface area contributed by atoms with Crippen molar-refractivity contribution in [1.82, 2.24) is 0 Å². The van der Waals surface area contributed by atoms with Crippen LogP contribution in [0.2, 0.25) is 0 Å². The third kappa shape index (κ3) is 3.69. The van der Waals surface area contributed by atoms with Crippen molar-refractivity contribution in [3.8, 4) is 0 Å². The molecular weight excluding hydrogens is 387 g/mol. The van der Waals surface area contributed by atoms with E-state index in [0.717, 1.165) is 26.5 Å². The van der Waals surface area contributed by atoms with Crippen molar-refractivity contribution in [2.45, 2.75) is 37.7 Å². The van der Waals surface area contributed by atoms with E-state index in [4.69, 9.17) is 16.3 Å². The molecule has 0 aliphatic heterocycles. The van der Waals surface area contributed by atoms with Crippen molar-refractivity contribution in [2.24, 2.45) is 5.92 Å². The standard InChI is InChI=1S/C12H15Br2ClOS/c1-2-16-8-3-7(4-8)5-10(15)9-6-11(13)17-12(9)14/h6-8,10H,2-5H2,1H3. The number of hydrogen-bond acceptors (Lipinski definition) is 2. The quantitative estimate of drug-likeness (QED) is 0.569. The highest BCUT2D eigenvalue weighted by Crippen LogP contribution is 2.44. The van der Waals surface area contributed by atoms with Crippen molar-refractivity contribution in [2.75, 3.05) is 6.61 Å². The average molecular weight is 403 g/mol. The van der Waals surface area contributed by atoms with Crippen molar-refractivity contribution in [1.29, 1.82) is 0 Å². The zero-order valence-electron chi connectivity index (χ0n) is 9.59. The molecule has 17 heavy (non-hydrogen) atoms. The first kappa shape index (κ1) is 14.3. The summed E-state index contributed by atoms with van der Waals surface area (Å²) in [6, 6.07) is 2.12. The summed E-state index contributed by atoms with van der Waals surface area (Å²) in [4.78, 5) is 0. The van der Waals surface area contributed by atoms with E-state index in [2.05, 4.69) is 44.8 Å². The van der Waals surface area contributed by atoms with Crippen LogP contribution in [0.4, 0.5) is 0 Å². The van der Waals surface area contributed by atoms with Crippen LogP contribution in [-0.2, 0) is 4.74 Å². The molecule has 0 N–H and O–H groups in total. The second-order valence-corrected chi connectivity index (χ2v) is 8.67. The average Bonchev–Trinajstić information content (AvgIpc) is 2.54. The Morgan fingerprint density at radius 3 is 2.76 bits per heavy atom. The molecule has 1 aliphatic rings. The van der Waals surface area contributed by atoms with E-state index in [-0.39, 0.29) is 5.38 Å². The lowest BCUT2D eigenvalue weighted by molar-refractivity contribution is -0.0267. The van der Waals surface area contributed by atoms with Crippen LogP contribution < -0.4 is 0 Å². The summed E-state index contributed by atoms with van der Waals surface area (Å²) in [6.07, 6.45) is 3.86. The molecule has 1 fully saturated rings. The lowest BCUT2D eigenvalue weighted by Gasteiger charge is -2.36. The minimum absolute atomic E-state index is 0.111. The van der Waals surface area contributed by atoms with Gasteiger partial charge in [-0.3, -0.25) is 0 Å². The molecule has 0 amide bonds. The highest BCUT2D eigenvalue weighted by atomic mass is 79.9. The minimum atomic E-state index is 0.111. The van der Waals surface area contributed by atoms with Gasteiger partial charge < -0.3 is 4.74 Å². The van der Waals surface area contributed by atoms with Gasteiger partial charge in [0.15, 0.2) is 0 Å². The van der Waals surface area contributed by atoms with Crippen LogP contribution in [0.5, 0.6) is 0 Å². The van der Waals surface area contributed by atoms with Gasteiger partial charge in [0.2, 0.25) is 0 Å². The predicted octanol–water partition coefficient (Wildman–Crippen LogP) is 5.76. The minimum Gasteiger partial charge on any atom is -0.378 e. The summed E-state index contributed by atoms with van der Waals surface area (Å²) in [7, 11) is 0. The summed E-state index contributed by atoms with van der Waals surface area (Å²) in [5.41, 5.74) is 1.21. The van der Waals surface area contributed by atoms with Crippen LogP contribution in [0.25, 0.3) is 0 Å². The number of rotatable bonds is 5. The Bertz CT molecular complexity index is 377. The van der Waals surface area contributed by atoms with Gasteiger partial charge in [0.25, 0.3) is 0 Å². The molecule has 0 radical (unpaired) electrons. The first-order chi connectivity index (χ1) is 8.10. The van der Waals surface area contributed by atoms with Crippen molar-refractivity contribution in [3.63, 3.8) is 0 Å². The van der Waals surface area contributed by atoms with Gasteiger partial charge in [-0.25, -0.2) is 0 Å². The van der Waals surface area contributed by atoms with Crippen LogP contribution in [-0.4, -0.2) is 12.7 Å². The molecule has 1 aromatic rings. The zero-order chi connectivity index (χ0) is 12.4. The molecule has 96 valence electrons. The Hall–Kier alpha value is 0.910. The molecule has 1 unspecified atom stereocenters. The zero-order valence-corrected chi connectivity index (χ0v) is 14.3. The molecule has 0 aromatic carbocycles. The van der Waals surface area contributed by atoms with Gasteiger partial charge in [-0.2, -0.15) is 0 Å². The van der Waals surface area contributed by atoms with E-state index >= 15 is 0 Å². The van der Waals surface area contributed by atoms with E-state index in [0.29, 0.717) is 6.10 Å². The Balaban J connectivity index is 1.82. The Morgan fingerprint density at radius 2 is 2.24 bits per heavy atom. The van der Waals surface area contributed by atoms with Gasteiger partial charge in [0, 0.05) is 6.61 Å². The van der Waals surface area contributed by atoms with E-state index in [9.17, 15) is 0 Å². The summed E-state index contributed by atoms with van der Waals surface area (Å²) >= 11 is 15.2. The lowest BCUT2D eigenvalue weighted by Crippen LogP contribution is -2.31. The van der Waals surface area contributed by atoms with Crippen LogP contribution in [0, 0.1) is 5.92 Å². The predicted molar refractivity (Wildman–Crippen MR) is 81.1 cm³/mol. The van der Waals surface area contributed by atoms with Crippen molar-refractivity contribution >= 4 is 54.8 Å². The van der Waals surface area contributed by atoms with Gasteiger partial charge in [0.05, 0.1) is 19.1 Å².